The number of hydrogen-bond donors (Lipinski definition) is 2. The van der Waals surface area contributed by atoms with Gasteiger partial charge in [0.25, 0.3) is 5.91 Å². The average Bonchev–Trinajstić information content (AvgIpc) is 2.68. The van der Waals surface area contributed by atoms with Crippen molar-refractivity contribution in [1.82, 2.24) is 15.4 Å². The van der Waals surface area contributed by atoms with Crippen molar-refractivity contribution >= 4 is 35.3 Å². The average molecular weight is 417 g/mol. The number of benzene rings is 2. The van der Waals surface area contributed by atoms with Crippen molar-refractivity contribution < 1.29 is 9.53 Å². The van der Waals surface area contributed by atoms with Gasteiger partial charge in [-0.1, -0.05) is 53.5 Å². The predicted octanol–water partition coefficient (Wildman–Crippen LogP) is 3.52. The molecule has 0 fully saturated rings. The summed E-state index contributed by atoms with van der Waals surface area (Å²) in [7, 11) is 1.46. The van der Waals surface area contributed by atoms with Gasteiger partial charge in [-0.25, -0.2) is 10.2 Å². The fourth-order valence-corrected chi connectivity index (χ4v) is 3.07. The molecule has 3 rings (SSSR count). The van der Waals surface area contributed by atoms with Gasteiger partial charge in [0.05, 0.1) is 29.1 Å². The molecular weight excluding hydrogens is 403 g/mol. The lowest BCUT2D eigenvalue weighted by Crippen LogP contribution is -2.24. The van der Waals surface area contributed by atoms with Crippen LogP contribution in [0.2, 0.25) is 10.0 Å². The quantitative estimate of drug-likeness (QED) is 0.491. The van der Waals surface area contributed by atoms with Gasteiger partial charge in [0.1, 0.15) is 5.69 Å². The summed E-state index contributed by atoms with van der Waals surface area (Å²) >= 11 is 12.1. The standard InChI is InChI=1S/C19H14Cl2N4O3/c1-28-17-13(20)7-11(8-14(17)21)10-22-25-18(26)16-9-15(23-19(27)24-16)12-5-3-2-4-6-12/h2-10H,1H3,(H,25,26)(H,23,24,27)/b22-10+. The summed E-state index contributed by atoms with van der Waals surface area (Å²) in [6.07, 6.45) is 1.37. The molecule has 0 aliphatic heterocycles. The van der Waals surface area contributed by atoms with Crippen LogP contribution < -0.4 is 15.9 Å². The Kier molecular flexibility index (Phi) is 6.08. The molecule has 0 radical (unpaired) electrons. The van der Waals surface area contributed by atoms with Gasteiger partial charge in [-0.05, 0) is 23.8 Å². The molecule has 0 spiro atoms. The summed E-state index contributed by atoms with van der Waals surface area (Å²) in [6.45, 7) is 0. The molecule has 28 heavy (non-hydrogen) atoms. The fourth-order valence-electron chi connectivity index (χ4n) is 2.41. The number of H-pyrrole nitrogens is 1. The number of amides is 1. The first kappa shape index (κ1) is 19.6. The predicted molar refractivity (Wildman–Crippen MR) is 108 cm³/mol. The first-order valence-corrected chi connectivity index (χ1v) is 8.76. The zero-order chi connectivity index (χ0) is 20.1. The van der Waals surface area contributed by atoms with Gasteiger partial charge in [-0.15, -0.1) is 0 Å². The molecule has 7 nitrogen and oxygen atoms in total. The molecule has 0 unspecified atom stereocenters. The second-order valence-electron chi connectivity index (χ2n) is 5.57. The maximum absolute atomic E-state index is 12.3. The molecule has 0 saturated carbocycles. The maximum atomic E-state index is 12.3. The Labute approximate surface area is 170 Å². The van der Waals surface area contributed by atoms with E-state index in [0.29, 0.717) is 32.6 Å². The van der Waals surface area contributed by atoms with Crippen molar-refractivity contribution in [2.75, 3.05) is 7.11 Å². The second-order valence-corrected chi connectivity index (χ2v) is 6.38. The molecule has 0 saturated heterocycles. The van der Waals surface area contributed by atoms with Crippen molar-refractivity contribution in [3.05, 3.63) is 80.3 Å². The van der Waals surface area contributed by atoms with E-state index in [4.69, 9.17) is 27.9 Å². The van der Waals surface area contributed by atoms with E-state index in [9.17, 15) is 9.59 Å². The Bertz CT molecular complexity index is 1070. The second kappa shape index (κ2) is 8.69. The summed E-state index contributed by atoms with van der Waals surface area (Å²) in [6, 6.07) is 13.7. The van der Waals surface area contributed by atoms with Crippen LogP contribution in [-0.2, 0) is 0 Å². The normalized spacial score (nSPS) is 10.8. The van der Waals surface area contributed by atoms with Gasteiger partial charge in [0.2, 0.25) is 0 Å². The number of ether oxygens (including phenoxy) is 1. The van der Waals surface area contributed by atoms with Crippen LogP contribution in [0.3, 0.4) is 0 Å². The van der Waals surface area contributed by atoms with Crippen LogP contribution in [0.15, 0.2) is 58.4 Å². The largest absolute Gasteiger partial charge is 0.494 e. The summed E-state index contributed by atoms with van der Waals surface area (Å²) in [5.74, 6) is -0.244. The minimum absolute atomic E-state index is 0.0294. The molecule has 2 aromatic carbocycles. The highest BCUT2D eigenvalue weighted by Gasteiger charge is 2.10. The van der Waals surface area contributed by atoms with Gasteiger partial charge in [-0.2, -0.15) is 10.1 Å². The molecule has 1 aromatic heterocycles. The minimum Gasteiger partial charge on any atom is -0.494 e. The monoisotopic (exact) mass is 416 g/mol. The van der Waals surface area contributed by atoms with E-state index in [1.165, 1.54) is 19.4 Å². The molecule has 1 heterocycles. The summed E-state index contributed by atoms with van der Waals surface area (Å²) in [4.78, 5) is 30.4. The Hall–Kier alpha value is -3.16. The Balaban J connectivity index is 1.78. The molecule has 9 heteroatoms. The highest BCUT2D eigenvalue weighted by molar-refractivity contribution is 6.37. The van der Waals surface area contributed by atoms with E-state index in [-0.39, 0.29) is 5.69 Å². The summed E-state index contributed by atoms with van der Waals surface area (Å²) in [5, 5.41) is 4.49. The van der Waals surface area contributed by atoms with E-state index >= 15 is 0 Å². The van der Waals surface area contributed by atoms with Gasteiger partial charge < -0.3 is 9.72 Å². The van der Waals surface area contributed by atoms with Crippen LogP contribution in [0.1, 0.15) is 16.1 Å². The van der Waals surface area contributed by atoms with Crippen LogP contribution in [-0.4, -0.2) is 29.2 Å². The lowest BCUT2D eigenvalue weighted by molar-refractivity contribution is 0.0949. The maximum Gasteiger partial charge on any atom is 0.346 e. The molecule has 3 aromatic rings. The zero-order valence-corrected chi connectivity index (χ0v) is 16.1. The summed E-state index contributed by atoms with van der Waals surface area (Å²) < 4.78 is 5.07. The Morgan fingerprint density at radius 1 is 1.18 bits per heavy atom. The number of carbonyl (C=O) groups is 1. The number of nitrogens with one attached hydrogen (secondary N) is 2. The molecule has 0 aliphatic carbocycles. The third-order valence-corrected chi connectivity index (χ3v) is 4.22. The van der Waals surface area contributed by atoms with E-state index < -0.39 is 11.6 Å². The number of carbonyl (C=O) groups excluding carboxylic acids is 1. The molecule has 0 aliphatic rings. The summed E-state index contributed by atoms with van der Waals surface area (Å²) in [5.41, 5.74) is 3.39. The lowest BCUT2D eigenvalue weighted by Gasteiger charge is -2.06. The van der Waals surface area contributed by atoms with Crippen LogP contribution in [0.4, 0.5) is 0 Å². The highest BCUT2D eigenvalue weighted by atomic mass is 35.5. The van der Waals surface area contributed by atoms with Gasteiger partial charge in [0.15, 0.2) is 5.75 Å². The topological polar surface area (TPSA) is 96.4 Å². The number of hydrazone groups is 1. The molecule has 0 bridgehead atoms. The SMILES string of the molecule is COc1c(Cl)cc(/C=N/NC(=O)c2cc(-c3ccccc3)nc(=O)[nH]2)cc1Cl. The van der Waals surface area contributed by atoms with E-state index in [1.807, 2.05) is 18.2 Å². The number of aromatic nitrogens is 2. The van der Waals surface area contributed by atoms with Crippen LogP contribution in [0.25, 0.3) is 11.3 Å². The van der Waals surface area contributed by atoms with Crippen LogP contribution in [0, 0.1) is 0 Å². The molecule has 2 N–H and O–H groups in total. The molecule has 142 valence electrons. The number of methoxy groups -OCH3 is 1. The highest BCUT2D eigenvalue weighted by Crippen LogP contribution is 2.33. The van der Waals surface area contributed by atoms with Crippen molar-refractivity contribution in [2.45, 2.75) is 0 Å². The molecular formula is C19H14Cl2N4O3. The smallest absolute Gasteiger partial charge is 0.346 e. The third-order valence-electron chi connectivity index (χ3n) is 3.66. The fraction of sp³-hybridized carbons (Fsp3) is 0.0526. The first-order chi connectivity index (χ1) is 13.5. The zero-order valence-electron chi connectivity index (χ0n) is 14.6. The van der Waals surface area contributed by atoms with Gasteiger partial charge in [-0.3, -0.25) is 4.79 Å². The Morgan fingerprint density at radius 3 is 2.50 bits per heavy atom. The lowest BCUT2D eigenvalue weighted by atomic mass is 10.1. The third kappa shape index (κ3) is 4.57. The van der Waals surface area contributed by atoms with E-state index in [1.54, 1.807) is 24.3 Å². The molecule has 0 atom stereocenters. The van der Waals surface area contributed by atoms with E-state index in [0.717, 1.165) is 0 Å². The van der Waals surface area contributed by atoms with Crippen molar-refractivity contribution in [3.63, 3.8) is 0 Å². The Morgan fingerprint density at radius 2 is 1.86 bits per heavy atom. The molecule has 1 amide bonds. The number of nitrogens with zero attached hydrogens (tertiary/aromatic N) is 2. The number of hydrogen-bond acceptors (Lipinski definition) is 5. The van der Waals surface area contributed by atoms with Gasteiger partial charge >= 0.3 is 5.69 Å². The van der Waals surface area contributed by atoms with E-state index in [2.05, 4.69) is 20.5 Å². The minimum atomic E-state index is -0.635. The number of halogens is 2. The van der Waals surface area contributed by atoms with Crippen molar-refractivity contribution in [3.8, 4) is 17.0 Å². The van der Waals surface area contributed by atoms with Crippen LogP contribution in [0.5, 0.6) is 5.75 Å². The van der Waals surface area contributed by atoms with Crippen molar-refractivity contribution in [2.24, 2.45) is 5.10 Å². The van der Waals surface area contributed by atoms with Gasteiger partial charge in [0, 0.05) is 5.56 Å². The number of aromatic amines is 1. The van der Waals surface area contributed by atoms with Crippen LogP contribution >= 0.6 is 23.2 Å². The number of rotatable bonds is 5. The first-order valence-electron chi connectivity index (χ1n) is 8.01. The van der Waals surface area contributed by atoms with Crippen molar-refractivity contribution in [1.29, 1.82) is 0 Å².